The van der Waals surface area contributed by atoms with E-state index in [2.05, 4.69) is 27.8 Å². The third-order valence-corrected chi connectivity index (χ3v) is 5.56. The second-order valence-corrected chi connectivity index (χ2v) is 6.33. The maximum atomic E-state index is 3.66. The summed E-state index contributed by atoms with van der Waals surface area (Å²) < 4.78 is 0. The van der Waals surface area contributed by atoms with E-state index < -0.39 is 0 Å². The summed E-state index contributed by atoms with van der Waals surface area (Å²) in [5, 5.41) is 1.18. The highest BCUT2D eigenvalue weighted by Crippen LogP contribution is 2.35. The maximum absolute atomic E-state index is 3.66. The molecule has 2 aliphatic rings. The lowest BCUT2D eigenvalue weighted by molar-refractivity contribution is 0.0502. The lowest BCUT2D eigenvalue weighted by atomic mass is 9.78. The molecule has 0 amide bonds. The van der Waals surface area contributed by atoms with Crippen LogP contribution in [-0.4, -0.2) is 29.4 Å². The molecule has 94 valence electrons. The van der Waals surface area contributed by atoms with Gasteiger partial charge in [-0.3, -0.25) is 4.90 Å². The van der Waals surface area contributed by atoms with E-state index in [-0.39, 0.29) is 0 Å². The molecule has 0 aromatic carbocycles. The van der Waals surface area contributed by atoms with Crippen LogP contribution in [0.5, 0.6) is 0 Å². The van der Waals surface area contributed by atoms with Crippen molar-refractivity contribution < 1.29 is 0 Å². The van der Waals surface area contributed by atoms with Gasteiger partial charge in [0.2, 0.25) is 0 Å². The van der Waals surface area contributed by atoms with E-state index in [4.69, 9.17) is 0 Å². The number of alkyl halides is 1. The van der Waals surface area contributed by atoms with Crippen LogP contribution in [0.25, 0.3) is 0 Å². The van der Waals surface area contributed by atoms with Crippen LogP contribution < -0.4 is 0 Å². The topological polar surface area (TPSA) is 3.24 Å². The van der Waals surface area contributed by atoms with Gasteiger partial charge in [0.15, 0.2) is 0 Å². The molecule has 1 saturated carbocycles. The van der Waals surface area contributed by atoms with Crippen molar-refractivity contribution in [2.45, 2.75) is 57.9 Å². The first-order chi connectivity index (χ1) is 7.85. The summed E-state index contributed by atoms with van der Waals surface area (Å²) in [5.74, 6) is 1.90. The molecule has 3 atom stereocenters. The smallest absolute Gasteiger partial charge is 0.0124 e. The molecule has 2 fully saturated rings. The Labute approximate surface area is 109 Å². The van der Waals surface area contributed by atoms with E-state index in [1.54, 1.807) is 0 Å². The minimum atomic E-state index is 0.862. The summed E-state index contributed by atoms with van der Waals surface area (Å²) in [7, 11) is 0. The van der Waals surface area contributed by atoms with Crippen molar-refractivity contribution in [2.75, 3.05) is 18.4 Å². The number of fused-ring (bicyclic) bond motifs is 1. The summed E-state index contributed by atoms with van der Waals surface area (Å²) in [6, 6.07) is 0.940. The average Bonchev–Trinajstić information content (AvgIpc) is 2.36. The van der Waals surface area contributed by atoms with Gasteiger partial charge in [0.05, 0.1) is 0 Å². The molecule has 0 aromatic heterocycles. The molecule has 0 radical (unpaired) electrons. The zero-order valence-corrected chi connectivity index (χ0v) is 12.2. The molecule has 1 aliphatic carbocycles. The van der Waals surface area contributed by atoms with Gasteiger partial charge >= 0.3 is 0 Å². The second kappa shape index (κ2) is 6.39. The predicted molar refractivity (Wildman–Crippen MR) is 74.1 cm³/mol. The Morgan fingerprint density at radius 3 is 2.69 bits per heavy atom. The highest BCUT2D eigenvalue weighted by atomic mass is 79.9. The Balaban J connectivity index is 1.91. The third kappa shape index (κ3) is 3.01. The maximum Gasteiger partial charge on any atom is 0.0124 e. The standard InChI is InChI=1S/C14H26BrN/c1-2-12(10-15)11-16-9-5-7-13-6-3-4-8-14(13)16/h12-14H,2-11H2,1H3/t12?,13-,14-/m1/s1. The lowest BCUT2D eigenvalue weighted by Crippen LogP contribution is -2.48. The molecule has 0 N–H and O–H groups in total. The van der Waals surface area contributed by atoms with Crippen molar-refractivity contribution in [3.8, 4) is 0 Å². The summed E-state index contributed by atoms with van der Waals surface area (Å²) in [4.78, 5) is 2.82. The van der Waals surface area contributed by atoms with E-state index in [9.17, 15) is 0 Å². The summed E-state index contributed by atoms with van der Waals surface area (Å²) in [6.45, 7) is 5.03. The fourth-order valence-electron chi connectivity index (χ4n) is 3.57. The van der Waals surface area contributed by atoms with Gasteiger partial charge in [-0.15, -0.1) is 0 Å². The quantitative estimate of drug-likeness (QED) is 0.705. The monoisotopic (exact) mass is 287 g/mol. The molecular formula is C14H26BrN. The van der Waals surface area contributed by atoms with Crippen LogP contribution in [0.3, 0.4) is 0 Å². The third-order valence-electron chi connectivity index (χ3n) is 4.65. The minimum Gasteiger partial charge on any atom is -0.300 e. The number of nitrogens with zero attached hydrogens (tertiary/aromatic N) is 1. The van der Waals surface area contributed by atoms with Gasteiger partial charge in [0.25, 0.3) is 0 Å². The summed E-state index contributed by atoms with van der Waals surface area (Å²) >= 11 is 3.66. The molecule has 1 aliphatic heterocycles. The van der Waals surface area contributed by atoms with E-state index in [1.807, 2.05) is 0 Å². The van der Waals surface area contributed by atoms with Gasteiger partial charge in [-0.25, -0.2) is 0 Å². The van der Waals surface area contributed by atoms with Crippen molar-refractivity contribution in [1.29, 1.82) is 0 Å². The predicted octanol–water partition coefficient (Wildman–Crippen LogP) is 4.06. The normalized spacial score (nSPS) is 33.4. The van der Waals surface area contributed by atoms with Crippen LogP contribution >= 0.6 is 15.9 Å². The van der Waals surface area contributed by atoms with Crippen LogP contribution in [0.15, 0.2) is 0 Å². The zero-order valence-electron chi connectivity index (χ0n) is 10.6. The van der Waals surface area contributed by atoms with Crippen molar-refractivity contribution >= 4 is 15.9 Å². The largest absolute Gasteiger partial charge is 0.300 e. The van der Waals surface area contributed by atoms with Crippen LogP contribution in [0, 0.1) is 11.8 Å². The van der Waals surface area contributed by atoms with Crippen molar-refractivity contribution in [1.82, 2.24) is 4.90 Å². The first-order valence-electron chi connectivity index (χ1n) is 7.15. The van der Waals surface area contributed by atoms with Gasteiger partial charge in [0.1, 0.15) is 0 Å². The van der Waals surface area contributed by atoms with Crippen molar-refractivity contribution in [2.24, 2.45) is 11.8 Å². The Hall–Kier alpha value is 0.440. The number of piperidine rings is 1. The molecule has 1 heterocycles. The molecule has 0 spiro atoms. The molecular weight excluding hydrogens is 262 g/mol. The van der Waals surface area contributed by atoms with Gasteiger partial charge in [-0.2, -0.15) is 0 Å². The molecule has 1 saturated heterocycles. The Kier molecular flexibility index (Phi) is 5.15. The van der Waals surface area contributed by atoms with E-state index in [1.165, 1.54) is 63.4 Å². The molecule has 1 nitrogen and oxygen atoms in total. The highest BCUT2D eigenvalue weighted by Gasteiger charge is 2.33. The van der Waals surface area contributed by atoms with E-state index >= 15 is 0 Å². The fourth-order valence-corrected chi connectivity index (χ4v) is 4.24. The van der Waals surface area contributed by atoms with Crippen LogP contribution in [0.2, 0.25) is 0 Å². The van der Waals surface area contributed by atoms with Gasteiger partial charge in [-0.1, -0.05) is 42.1 Å². The molecule has 16 heavy (non-hydrogen) atoms. The first kappa shape index (κ1) is 12.9. The van der Waals surface area contributed by atoms with Crippen LogP contribution in [0.4, 0.5) is 0 Å². The molecule has 2 rings (SSSR count). The Bertz CT molecular complexity index is 201. The first-order valence-corrected chi connectivity index (χ1v) is 8.27. The van der Waals surface area contributed by atoms with Gasteiger partial charge in [-0.05, 0) is 44.1 Å². The summed E-state index contributed by atoms with van der Waals surface area (Å²) in [5.41, 5.74) is 0. The highest BCUT2D eigenvalue weighted by molar-refractivity contribution is 9.09. The number of hydrogen-bond acceptors (Lipinski definition) is 1. The van der Waals surface area contributed by atoms with Gasteiger partial charge < -0.3 is 0 Å². The number of rotatable bonds is 4. The molecule has 0 aromatic rings. The number of hydrogen-bond donors (Lipinski definition) is 0. The van der Waals surface area contributed by atoms with Crippen molar-refractivity contribution in [3.05, 3.63) is 0 Å². The summed E-state index contributed by atoms with van der Waals surface area (Å²) in [6.07, 6.45) is 10.2. The Morgan fingerprint density at radius 1 is 1.19 bits per heavy atom. The second-order valence-electron chi connectivity index (χ2n) is 5.68. The number of likely N-dealkylation sites (tertiary alicyclic amines) is 1. The van der Waals surface area contributed by atoms with Crippen molar-refractivity contribution in [3.63, 3.8) is 0 Å². The molecule has 0 bridgehead atoms. The number of halogens is 1. The van der Waals surface area contributed by atoms with Crippen LogP contribution in [-0.2, 0) is 0 Å². The van der Waals surface area contributed by atoms with E-state index in [0.29, 0.717) is 0 Å². The van der Waals surface area contributed by atoms with E-state index in [0.717, 1.165) is 17.9 Å². The SMILES string of the molecule is CCC(CBr)CN1CCC[C@H]2CCCC[C@H]21. The lowest BCUT2D eigenvalue weighted by Gasteiger charge is -2.45. The van der Waals surface area contributed by atoms with Gasteiger partial charge in [0, 0.05) is 17.9 Å². The average molecular weight is 288 g/mol. The molecule has 1 unspecified atom stereocenters. The zero-order chi connectivity index (χ0) is 11.4. The minimum absolute atomic E-state index is 0.862. The fraction of sp³-hybridized carbons (Fsp3) is 1.00. The molecule has 2 heteroatoms. The Morgan fingerprint density at radius 2 is 1.94 bits per heavy atom. The van der Waals surface area contributed by atoms with Crippen LogP contribution in [0.1, 0.15) is 51.9 Å².